The highest BCUT2D eigenvalue weighted by atomic mass is 35.5. The number of rotatable bonds is 4. The number of fused-ring (bicyclic) bond motifs is 1. The number of carbonyl (C=O) groups is 2. The second kappa shape index (κ2) is 7.71. The number of imidazole rings is 1. The first-order valence-electron chi connectivity index (χ1n) is 7.77. The van der Waals surface area contributed by atoms with Gasteiger partial charge in [-0.3, -0.25) is 9.20 Å². The molecule has 2 aromatic heterocycles. The molecule has 0 spiro atoms. The SMILES string of the molecule is CNC(=O)Nc1ccc(NC(=O)/C=C/c2c(Cl)nc3ccccn23)cc1. The largest absolute Gasteiger partial charge is 0.341 e. The zero-order valence-corrected chi connectivity index (χ0v) is 14.6. The van der Waals surface area contributed by atoms with Gasteiger partial charge in [-0.1, -0.05) is 17.7 Å². The Morgan fingerprint density at radius 2 is 1.77 bits per heavy atom. The van der Waals surface area contributed by atoms with E-state index >= 15 is 0 Å². The standard InChI is InChI=1S/C18H16ClN5O2/c1-20-18(26)22-13-7-5-12(6-8-13)21-16(25)10-9-14-17(19)23-15-4-2-3-11-24(14)15/h2-11H,1H3,(H,21,25)(H2,20,22,26)/b10-9+. The van der Waals surface area contributed by atoms with Gasteiger partial charge in [0.05, 0.1) is 5.69 Å². The van der Waals surface area contributed by atoms with Gasteiger partial charge in [-0.25, -0.2) is 9.78 Å². The summed E-state index contributed by atoms with van der Waals surface area (Å²) in [5.74, 6) is -0.307. The van der Waals surface area contributed by atoms with E-state index in [1.54, 1.807) is 34.7 Å². The van der Waals surface area contributed by atoms with Gasteiger partial charge >= 0.3 is 6.03 Å². The summed E-state index contributed by atoms with van der Waals surface area (Å²) >= 11 is 6.13. The van der Waals surface area contributed by atoms with Gasteiger partial charge in [-0.05, 0) is 42.5 Å². The number of pyridine rings is 1. The van der Waals surface area contributed by atoms with Crippen molar-refractivity contribution in [3.05, 3.63) is 65.6 Å². The first kappa shape index (κ1) is 17.5. The zero-order valence-electron chi connectivity index (χ0n) is 13.9. The Bertz CT molecular complexity index is 979. The van der Waals surface area contributed by atoms with Crippen molar-refractivity contribution in [1.29, 1.82) is 0 Å². The van der Waals surface area contributed by atoms with Crippen molar-refractivity contribution in [3.8, 4) is 0 Å². The molecule has 0 aliphatic rings. The smallest absolute Gasteiger partial charge is 0.318 e. The number of anilines is 2. The Balaban J connectivity index is 1.67. The van der Waals surface area contributed by atoms with Gasteiger partial charge in [-0.2, -0.15) is 0 Å². The number of nitrogens with one attached hydrogen (secondary N) is 3. The average Bonchev–Trinajstić information content (AvgIpc) is 2.96. The Labute approximate surface area is 154 Å². The highest BCUT2D eigenvalue weighted by molar-refractivity contribution is 6.31. The Morgan fingerprint density at radius 1 is 1.08 bits per heavy atom. The molecule has 26 heavy (non-hydrogen) atoms. The predicted molar refractivity (Wildman–Crippen MR) is 102 cm³/mol. The molecule has 3 rings (SSSR count). The second-order valence-corrected chi connectivity index (χ2v) is 5.68. The highest BCUT2D eigenvalue weighted by Gasteiger charge is 2.07. The van der Waals surface area contributed by atoms with Crippen molar-refractivity contribution in [1.82, 2.24) is 14.7 Å². The predicted octanol–water partition coefficient (Wildman–Crippen LogP) is 3.39. The molecule has 0 unspecified atom stereocenters. The van der Waals surface area contributed by atoms with Gasteiger partial charge in [0.15, 0.2) is 5.15 Å². The van der Waals surface area contributed by atoms with Crippen LogP contribution in [0.3, 0.4) is 0 Å². The number of aromatic nitrogens is 2. The van der Waals surface area contributed by atoms with Gasteiger partial charge in [0.25, 0.3) is 0 Å². The molecular weight excluding hydrogens is 354 g/mol. The minimum absolute atomic E-state index is 0.307. The first-order valence-corrected chi connectivity index (χ1v) is 8.15. The Kier molecular flexibility index (Phi) is 5.19. The minimum Gasteiger partial charge on any atom is -0.341 e. The lowest BCUT2D eigenvalue weighted by atomic mass is 10.2. The van der Waals surface area contributed by atoms with Crippen LogP contribution in [-0.2, 0) is 4.79 Å². The second-order valence-electron chi connectivity index (χ2n) is 5.32. The van der Waals surface area contributed by atoms with Crippen molar-refractivity contribution < 1.29 is 9.59 Å². The number of hydrogen-bond donors (Lipinski definition) is 3. The van der Waals surface area contributed by atoms with Crippen LogP contribution in [-0.4, -0.2) is 28.4 Å². The summed E-state index contributed by atoms with van der Waals surface area (Å²) < 4.78 is 1.80. The average molecular weight is 370 g/mol. The van der Waals surface area contributed by atoms with E-state index in [0.717, 1.165) is 0 Å². The molecule has 0 fully saturated rings. The molecule has 2 heterocycles. The molecule has 1 aromatic carbocycles. The number of halogens is 1. The van der Waals surface area contributed by atoms with Crippen LogP contribution in [0.4, 0.5) is 16.2 Å². The number of benzene rings is 1. The molecule has 0 radical (unpaired) electrons. The molecule has 132 valence electrons. The van der Waals surface area contributed by atoms with Crippen LogP contribution >= 0.6 is 11.6 Å². The van der Waals surface area contributed by atoms with E-state index in [9.17, 15) is 9.59 Å². The monoisotopic (exact) mass is 369 g/mol. The third-order valence-corrected chi connectivity index (χ3v) is 3.83. The Hall–Kier alpha value is -3.32. The van der Waals surface area contributed by atoms with E-state index in [0.29, 0.717) is 27.9 Å². The fourth-order valence-corrected chi connectivity index (χ4v) is 2.54. The molecule has 3 amide bonds. The van der Waals surface area contributed by atoms with Crippen LogP contribution < -0.4 is 16.0 Å². The fraction of sp³-hybridized carbons (Fsp3) is 0.0556. The van der Waals surface area contributed by atoms with Crippen LogP contribution in [0.15, 0.2) is 54.7 Å². The molecule has 0 aliphatic carbocycles. The van der Waals surface area contributed by atoms with Crippen molar-refractivity contribution in [2.45, 2.75) is 0 Å². The van der Waals surface area contributed by atoms with Crippen LogP contribution in [0.5, 0.6) is 0 Å². The number of hydrogen-bond acceptors (Lipinski definition) is 3. The third-order valence-electron chi connectivity index (χ3n) is 3.55. The lowest BCUT2D eigenvalue weighted by Gasteiger charge is -2.06. The molecular formula is C18H16ClN5O2. The topological polar surface area (TPSA) is 87.5 Å². The molecule has 3 aromatic rings. The molecule has 0 saturated heterocycles. The summed E-state index contributed by atoms with van der Waals surface area (Å²) in [6.07, 6.45) is 4.82. The maximum Gasteiger partial charge on any atom is 0.318 e. The fourth-order valence-electron chi connectivity index (χ4n) is 2.30. The van der Waals surface area contributed by atoms with Crippen molar-refractivity contribution >= 4 is 46.6 Å². The van der Waals surface area contributed by atoms with Gasteiger partial charge in [0, 0.05) is 30.7 Å². The van der Waals surface area contributed by atoms with Crippen LogP contribution in [0.25, 0.3) is 11.7 Å². The van der Waals surface area contributed by atoms with Gasteiger partial charge in [-0.15, -0.1) is 0 Å². The lowest BCUT2D eigenvalue weighted by molar-refractivity contribution is -0.111. The molecule has 7 nitrogen and oxygen atoms in total. The lowest BCUT2D eigenvalue weighted by Crippen LogP contribution is -2.24. The van der Waals surface area contributed by atoms with E-state index < -0.39 is 0 Å². The van der Waals surface area contributed by atoms with Crippen LogP contribution in [0.1, 0.15) is 5.69 Å². The molecule has 0 bridgehead atoms. The van der Waals surface area contributed by atoms with Crippen LogP contribution in [0, 0.1) is 0 Å². The molecule has 0 atom stereocenters. The summed E-state index contributed by atoms with van der Waals surface area (Å²) in [7, 11) is 1.53. The number of urea groups is 1. The van der Waals surface area contributed by atoms with E-state index in [1.807, 2.05) is 24.4 Å². The number of amides is 3. The van der Waals surface area contributed by atoms with Crippen molar-refractivity contribution in [3.63, 3.8) is 0 Å². The van der Waals surface area contributed by atoms with E-state index in [1.165, 1.54) is 13.1 Å². The van der Waals surface area contributed by atoms with Crippen molar-refractivity contribution in [2.24, 2.45) is 0 Å². The summed E-state index contributed by atoms with van der Waals surface area (Å²) in [6.45, 7) is 0. The van der Waals surface area contributed by atoms with E-state index in [4.69, 9.17) is 11.6 Å². The summed E-state index contributed by atoms with van der Waals surface area (Å²) in [5, 5.41) is 8.16. The third kappa shape index (κ3) is 4.01. The van der Waals surface area contributed by atoms with Gasteiger partial charge in [0.1, 0.15) is 5.65 Å². The molecule has 3 N–H and O–H groups in total. The maximum atomic E-state index is 12.1. The molecule has 8 heteroatoms. The molecule has 0 saturated carbocycles. The zero-order chi connectivity index (χ0) is 18.5. The van der Waals surface area contributed by atoms with Crippen LogP contribution in [0.2, 0.25) is 5.15 Å². The highest BCUT2D eigenvalue weighted by Crippen LogP contribution is 2.19. The minimum atomic E-state index is -0.311. The van der Waals surface area contributed by atoms with E-state index in [-0.39, 0.29) is 11.9 Å². The summed E-state index contributed by atoms with van der Waals surface area (Å²) in [4.78, 5) is 27.6. The quantitative estimate of drug-likeness (QED) is 0.616. The summed E-state index contributed by atoms with van der Waals surface area (Å²) in [5.41, 5.74) is 2.56. The van der Waals surface area contributed by atoms with E-state index in [2.05, 4.69) is 20.9 Å². The molecule has 0 aliphatic heterocycles. The number of carbonyl (C=O) groups excluding carboxylic acids is 2. The normalized spacial score (nSPS) is 10.8. The Morgan fingerprint density at radius 3 is 2.46 bits per heavy atom. The van der Waals surface area contributed by atoms with Gasteiger partial charge in [0.2, 0.25) is 5.91 Å². The number of nitrogens with zero attached hydrogens (tertiary/aromatic N) is 2. The van der Waals surface area contributed by atoms with Crippen molar-refractivity contribution in [2.75, 3.05) is 17.7 Å². The summed E-state index contributed by atoms with van der Waals surface area (Å²) in [6, 6.07) is 12.0. The van der Waals surface area contributed by atoms with Gasteiger partial charge < -0.3 is 16.0 Å². The maximum absolute atomic E-state index is 12.1. The first-order chi connectivity index (χ1) is 12.6.